The first-order valence-electron chi connectivity index (χ1n) is 9.54. The van der Waals surface area contributed by atoms with Crippen LogP contribution in [0.1, 0.15) is 21.7 Å². The predicted molar refractivity (Wildman–Crippen MR) is 120 cm³/mol. The highest BCUT2D eigenvalue weighted by Crippen LogP contribution is 2.33. The van der Waals surface area contributed by atoms with E-state index < -0.39 is 11.6 Å². The van der Waals surface area contributed by atoms with Crippen molar-refractivity contribution in [1.29, 1.82) is 0 Å². The molecule has 6 nitrogen and oxygen atoms in total. The van der Waals surface area contributed by atoms with Crippen LogP contribution in [0.4, 0.5) is 8.78 Å². The number of hydrogen-bond donors (Lipinski definition) is 1. The first kappa shape index (κ1) is 23.3. The number of ether oxygens (including phenoxy) is 1. The molecule has 4 rings (SSSR count). The van der Waals surface area contributed by atoms with Crippen LogP contribution in [-0.2, 0) is 6.54 Å². The van der Waals surface area contributed by atoms with E-state index in [4.69, 9.17) is 4.74 Å². The summed E-state index contributed by atoms with van der Waals surface area (Å²) in [6, 6.07) is 10.9. The third-order valence-electron chi connectivity index (χ3n) is 4.85. The van der Waals surface area contributed by atoms with Gasteiger partial charge in [-0.1, -0.05) is 12.1 Å². The molecule has 0 spiro atoms. The summed E-state index contributed by atoms with van der Waals surface area (Å²) in [5.74, 6) is -2.22. The number of fused-ring (bicyclic) bond motifs is 1. The normalized spacial score (nSPS) is 10.9. The maximum atomic E-state index is 14.5. The van der Waals surface area contributed by atoms with Crippen LogP contribution in [0.2, 0.25) is 0 Å². The van der Waals surface area contributed by atoms with E-state index in [1.807, 2.05) is 37.2 Å². The number of imidazole rings is 1. The number of aromatic nitrogens is 3. The number of rotatable bonds is 6. The highest BCUT2D eigenvalue weighted by Gasteiger charge is 2.21. The van der Waals surface area contributed by atoms with Crippen molar-refractivity contribution in [2.45, 2.75) is 6.54 Å². The number of ketones is 1. The minimum Gasteiger partial charge on any atom is -0.496 e. The van der Waals surface area contributed by atoms with Crippen molar-refractivity contribution in [3.8, 4) is 17.0 Å². The molecule has 166 valence electrons. The second-order valence-electron chi connectivity index (χ2n) is 7.33. The molecular weight excluding hydrogens is 438 g/mol. The first-order valence-corrected chi connectivity index (χ1v) is 9.54. The number of nitrogens with zero attached hydrogens (tertiary/aromatic N) is 3. The van der Waals surface area contributed by atoms with E-state index in [9.17, 15) is 13.6 Å². The van der Waals surface area contributed by atoms with Gasteiger partial charge in [0.15, 0.2) is 17.5 Å². The highest BCUT2D eigenvalue weighted by atomic mass is 35.5. The molecule has 0 bridgehead atoms. The number of benzene rings is 2. The number of para-hydroxylation sites is 1. The van der Waals surface area contributed by atoms with Crippen molar-refractivity contribution in [2.75, 3.05) is 21.2 Å². The topological polar surface area (TPSA) is 71.1 Å². The zero-order valence-electron chi connectivity index (χ0n) is 17.6. The molecule has 32 heavy (non-hydrogen) atoms. The van der Waals surface area contributed by atoms with Crippen molar-refractivity contribution in [1.82, 2.24) is 19.9 Å². The highest BCUT2D eigenvalue weighted by molar-refractivity contribution is 6.08. The third kappa shape index (κ3) is 4.32. The molecule has 9 heteroatoms. The van der Waals surface area contributed by atoms with Crippen molar-refractivity contribution >= 4 is 29.2 Å². The van der Waals surface area contributed by atoms with Crippen molar-refractivity contribution in [2.24, 2.45) is 0 Å². The fourth-order valence-corrected chi connectivity index (χ4v) is 3.45. The van der Waals surface area contributed by atoms with Gasteiger partial charge in [-0.25, -0.2) is 13.8 Å². The van der Waals surface area contributed by atoms with E-state index >= 15 is 0 Å². The number of H-pyrrole nitrogens is 1. The fraction of sp³-hybridized carbons (Fsp3) is 0.174. The molecule has 0 saturated heterocycles. The van der Waals surface area contributed by atoms with Crippen LogP contribution in [0, 0.1) is 11.6 Å². The van der Waals surface area contributed by atoms with Crippen molar-refractivity contribution < 1.29 is 18.3 Å². The summed E-state index contributed by atoms with van der Waals surface area (Å²) in [5.41, 5.74) is 2.63. The van der Waals surface area contributed by atoms with Gasteiger partial charge in [0.25, 0.3) is 0 Å². The van der Waals surface area contributed by atoms with Crippen molar-refractivity contribution in [3.63, 3.8) is 0 Å². The summed E-state index contributed by atoms with van der Waals surface area (Å²) in [4.78, 5) is 26.8. The van der Waals surface area contributed by atoms with E-state index in [0.717, 1.165) is 17.1 Å². The number of methoxy groups -OCH3 is 1. The van der Waals surface area contributed by atoms with Crippen LogP contribution >= 0.6 is 12.4 Å². The molecule has 2 aromatic heterocycles. The SMILES string of the molecule is COc1ccc(F)c(F)c1-c1cc(C(=O)c2nc3c(CN(C)C)cccc3[nH]2)ccn1.Cl. The minimum absolute atomic E-state index is 0. The Labute approximate surface area is 189 Å². The van der Waals surface area contributed by atoms with E-state index in [1.54, 1.807) is 0 Å². The van der Waals surface area contributed by atoms with E-state index in [2.05, 4.69) is 15.0 Å². The molecule has 0 radical (unpaired) electrons. The molecule has 0 atom stereocenters. The van der Waals surface area contributed by atoms with Gasteiger partial charge in [-0.3, -0.25) is 9.78 Å². The number of carbonyl (C=O) groups is 1. The fourth-order valence-electron chi connectivity index (χ4n) is 3.45. The maximum Gasteiger partial charge on any atom is 0.228 e. The lowest BCUT2D eigenvalue weighted by atomic mass is 10.0. The van der Waals surface area contributed by atoms with Crippen LogP contribution < -0.4 is 4.74 Å². The van der Waals surface area contributed by atoms with Gasteiger partial charge in [-0.15, -0.1) is 12.4 Å². The number of pyridine rings is 1. The predicted octanol–water partition coefficient (Wildman–Crippen LogP) is 4.63. The van der Waals surface area contributed by atoms with Gasteiger partial charge < -0.3 is 14.6 Å². The quantitative estimate of drug-likeness (QED) is 0.427. The Bertz CT molecular complexity index is 1290. The summed E-state index contributed by atoms with van der Waals surface area (Å²) in [7, 11) is 5.26. The summed E-state index contributed by atoms with van der Waals surface area (Å²) in [6.07, 6.45) is 1.37. The molecule has 4 aromatic rings. The van der Waals surface area contributed by atoms with Crippen molar-refractivity contribution in [3.05, 3.63) is 77.2 Å². The smallest absolute Gasteiger partial charge is 0.228 e. The second kappa shape index (κ2) is 9.42. The monoisotopic (exact) mass is 458 g/mol. The van der Waals surface area contributed by atoms with E-state index in [-0.39, 0.29) is 46.6 Å². The molecule has 1 N–H and O–H groups in total. The van der Waals surface area contributed by atoms with Gasteiger partial charge in [-0.05, 0) is 50.0 Å². The molecular formula is C23H21ClF2N4O2. The lowest BCUT2D eigenvalue weighted by molar-refractivity contribution is 0.103. The maximum absolute atomic E-state index is 14.5. The Morgan fingerprint density at radius 1 is 1.16 bits per heavy atom. The number of carbonyl (C=O) groups excluding carboxylic acids is 1. The molecule has 2 heterocycles. The third-order valence-corrected chi connectivity index (χ3v) is 4.85. The summed E-state index contributed by atoms with van der Waals surface area (Å²) >= 11 is 0. The zero-order valence-corrected chi connectivity index (χ0v) is 18.5. The molecule has 2 aromatic carbocycles. The summed E-state index contributed by atoms with van der Waals surface area (Å²) in [6.45, 7) is 0.674. The van der Waals surface area contributed by atoms with Crippen LogP contribution in [0.3, 0.4) is 0 Å². The van der Waals surface area contributed by atoms with Gasteiger partial charge in [0, 0.05) is 18.3 Å². The van der Waals surface area contributed by atoms with E-state index in [1.165, 1.54) is 31.5 Å². The summed E-state index contributed by atoms with van der Waals surface area (Å²) in [5, 5.41) is 0. The largest absolute Gasteiger partial charge is 0.496 e. The van der Waals surface area contributed by atoms with Crippen LogP contribution in [0.25, 0.3) is 22.3 Å². The van der Waals surface area contributed by atoms with Gasteiger partial charge >= 0.3 is 0 Å². The average molecular weight is 459 g/mol. The van der Waals surface area contributed by atoms with Crippen LogP contribution in [-0.4, -0.2) is 46.8 Å². The first-order chi connectivity index (χ1) is 14.9. The Morgan fingerprint density at radius 3 is 2.66 bits per heavy atom. The van der Waals surface area contributed by atoms with Gasteiger partial charge in [0.05, 0.1) is 29.4 Å². The number of nitrogens with one attached hydrogen (secondary N) is 1. The Balaban J connectivity index is 0.00000289. The standard InChI is InChI=1S/C23H20F2N4O2.ClH/c1-29(2)12-14-5-4-6-16-21(14)28-23(27-16)22(30)13-9-10-26-17(11-13)19-18(31-3)8-7-15(24)20(19)25;/h4-11H,12H2,1-3H3,(H,27,28);1H. The second-order valence-corrected chi connectivity index (χ2v) is 7.33. The Hall–Kier alpha value is -3.36. The number of halogens is 3. The van der Waals surface area contributed by atoms with E-state index in [0.29, 0.717) is 12.1 Å². The summed E-state index contributed by atoms with van der Waals surface area (Å²) < 4.78 is 33.4. The van der Waals surface area contributed by atoms with Crippen LogP contribution in [0.5, 0.6) is 5.75 Å². The lowest BCUT2D eigenvalue weighted by Gasteiger charge is -2.10. The molecule has 0 aliphatic heterocycles. The molecule has 0 amide bonds. The van der Waals surface area contributed by atoms with Gasteiger partial charge in [-0.2, -0.15) is 0 Å². The van der Waals surface area contributed by atoms with Gasteiger partial charge in [0.2, 0.25) is 5.78 Å². The minimum atomic E-state index is -1.09. The molecule has 0 fully saturated rings. The molecule has 0 aliphatic carbocycles. The Morgan fingerprint density at radius 2 is 1.94 bits per heavy atom. The zero-order chi connectivity index (χ0) is 22.1. The Kier molecular flexibility index (Phi) is 6.86. The lowest BCUT2D eigenvalue weighted by Crippen LogP contribution is -2.11. The van der Waals surface area contributed by atoms with Gasteiger partial charge in [0.1, 0.15) is 5.75 Å². The van der Waals surface area contributed by atoms with Crippen LogP contribution in [0.15, 0.2) is 48.7 Å². The average Bonchev–Trinajstić information content (AvgIpc) is 3.20. The number of hydrogen-bond acceptors (Lipinski definition) is 5. The molecule has 0 unspecified atom stereocenters. The molecule has 0 saturated carbocycles. The molecule has 0 aliphatic rings. The number of aromatic amines is 1.